The lowest BCUT2D eigenvalue weighted by Crippen LogP contribution is -2.34. The molecule has 2 N–H and O–H groups in total. The molecule has 0 spiro atoms. The largest absolute Gasteiger partial charge is 0.467 e. The van der Waals surface area contributed by atoms with Gasteiger partial charge in [0.25, 0.3) is 0 Å². The van der Waals surface area contributed by atoms with E-state index in [1.807, 2.05) is 6.92 Å². The summed E-state index contributed by atoms with van der Waals surface area (Å²) in [6.07, 6.45) is 4.90. The van der Waals surface area contributed by atoms with Gasteiger partial charge in [0.15, 0.2) is 0 Å². The Morgan fingerprint density at radius 3 is 2.90 bits per heavy atom. The normalized spacial score (nSPS) is 19.1. The van der Waals surface area contributed by atoms with Crippen LogP contribution < -0.4 is 5.32 Å². The fourth-order valence-electron chi connectivity index (χ4n) is 2.71. The number of carbonyl (C=O) groups excluding carboxylic acids is 1. The minimum absolute atomic E-state index is 0.0561. The first-order valence-corrected chi connectivity index (χ1v) is 7.73. The van der Waals surface area contributed by atoms with Crippen LogP contribution in [0.5, 0.6) is 0 Å². The number of hydrogen-bond donors (Lipinski definition) is 2. The highest BCUT2D eigenvalue weighted by Crippen LogP contribution is 2.21. The first-order valence-electron chi connectivity index (χ1n) is 7.73. The van der Waals surface area contributed by atoms with Crippen LogP contribution in [0.15, 0.2) is 22.8 Å². The van der Waals surface area contributed by atoms with Gasteiger partial charge in [-0.25, -0.2) is 0 Å². The zero-order chi connectivity index (χ0) is 15.1. The second-order valence-electron chi connectivity index (χ2n) is 5.83. The van der Waals surface area contributed by atoms with Gasteiger partial charge < -0.3 is 19.6 Å². The van der Waals surface area contributed by atoms with Crippen LogP contribution in [-0.4, -0.2) is 30.3 Å². The van der Waals surface area contributed by atoms with E-state index in [0.29, 0.717) is 24.5 Å². The van der Waals surface area contributed by atoms with Gasteiger partial charge in [0, 0.05) is 32.1 Å². The molecule has 1 saturated heterocycles. The molecule has 5 heteroatoms. The van der Waals surface area contributed by atoms with Gasteiger partial charge >= 0.3 is 0 Å². The monoisotopic (exact) mass is 295 g/mol. The maximum Gasteiger partial charge on any atom is 0.220 e. The number of furan rings is 1. The SMILES string of the molecule is CC(CC(O)c1ccco1)NC(=O)CCC1CCOCC1. The van der Waals surface area contributed by atoms with E-state index in [2.05, 4.69) is 5.32 Å². The van der Waals surface area contributed by atoms with E-state index in [0.717, 1.165) is 32.5 Å². The van der Waals surface area contributed by atoms with E-state index < -0.39 is 6.10 Å². The van der Waals surface area contributed by atoms with Crippen molar-refractivity contribution >= 4 is 5.91 Å². The molecule has 0 bridgehead atoms. The first kappa shape index (κ1) is 16.0. The predicted molar refractivity (Wildman–Crippen MR) is 78.7 cm³/mol. The van der Waals surface area contributed by atoms with E-state index >= 15 is 0 Å². The quantitative estimate of drug-likeness (QED) is 0.810. The van der Waals surface area contributed by atoms with Crippen molar-refractivity contribution in [2.45, 2.75) is 51.2 Å². The molecular formula is C16H25NO4. The molecule has 0 saturated carbocycles. The van der Waals surface area contributed by atoms with Crippen molar-refractivity contribution in [3.05, 3.63) is 24.2 Å². The van der Waals surface area contributed by atoms with E-state index in [4.69, 9.17) is 9.15 Å². The fraction of sp³-hybridized carbons (Fsp3) is 0.688. The predicted octanol–water partition coefficient (Wildman–Crippen LogP) is 2.41. The van der Waals surface area contributed by atoms with Gasteiger partial charge in [0.2, 0.25) is 5.91 Å². The minimum atomic E-state index is -0.675. The number of nitrogens with one attached hydrogen (secondary N) is 1. The molecule has 2 heterocycles. The molecule has 1 aliphatic rings. The zero-order valence-corrected chi connectivity index (χ0v) is 12.6. The molecule has 21 heavy (non-hydrogen) atoms. The third kappa shape index (κ3) is 5.52. The molecule has 1 aromatic rings. The average molecular weight is 295 g/mol. The Hall–Kier alpha value is -1.33. The second kappa shape index (κ2) is 8.20. The molecule has 1 fully saturated rings. The summed E-state index contributed by atoms with van der Waals surface area (Å²) in [5.74, 6) is 1.20. The van der Waals surface area contributed by atoms with Crippen molar-refractivity contribution in [1.29, 1.82) is 0 Å². The van der Waals surface area contributed by atoms with Gasteiger partial charge in [-0.2, -0.15) is 0 Å². The maximum atomic E-state index is 11.9. The van der Waals surface area contributed by atoms with Crippen molar-refractivity contribution in [3.63, 3.8) is 0 Å². The van der Waals surface area contributed by atoms with Crippen LogP contribution in [0.4, 0.5) is 0 Å². The average Bonchev–Trinajstić information content (AvgIpc) is 3.00. The molecule has 2 unspecified atom stereocenters. The topological polar surface area (TPSA) is 71.7 Å². The smallest absolute Gasteiger partial charge is 0.220 e. The molecule has 118 valence electrons. The molecule has 0 aromatic carbocycles. The van der Waals surface area contributed by atoms with Gasteiger partial charge in [0.05, 0.1) is 6.26 Å². The molecule has 1 amide bonds. The Morgan fingerprint density at radius 2 is 2.24 bits per heavy atom. The van der Waals surface area contributed by atoms with Crippen LogP contribution in [0.3, 0.4) is 0 Å². The van der Waals surface area contributed by atoms with Gasteiger partial charge in [-0.3, -0.25) is 4.79 Å². The zero-order valence-electron chi connectivity index (χ0n) is 12.6. The summed E-state index contributed by atoms with van der Waals surface area (Å²) in [4.78, 5) is 11.9. The van der Waals surface area contributed by atoms with Crippen LogP contribution in [0.2, 0.25) is 0 Å². The van der Waals surface area contributed by atoms with Crippen molar-refractivity contribution in [2.24, 2.45) is 5.92 Å². The lowest BCUT2D eigenvalue weighted by Gasteiger charge is -2.22. The maximum absolute atomic E-state index is 11.9. The number of hydrogen-bond acceptors (Lipinski definition) is 4. The molecule has 2 rings (SSSR count). The summed E-state index contributed by atoms with van der Waals surface area (Å²) >= 11 is 0. The van der Waals surface area contributed by atoms with Crippen LogP contribution >= 0.6 is 0 Å². The van der Waals surface area contributed by atoms with Gasteiger partial charge in [-0.05, 0) is 44.2 Å². The van der Waals surface area contributed by atoms with Gasteiger partial charge in [0.1, 0.15) is 11.9 Å². The number of aliphatic hydroxyl groups excluding tert-OH is 1. The molecular weight excluding hydrogens is 270 g/mol. The standard InChI is InChI=1S/C16H25NO4/c1-12(11-14(18)15-3-2-8-21-15)17-16(19)5-4-13-6-9-20-10-7-13/h2-3,8,12-14,18H,4-7,9-11H2,1H3,(H,17,19). The summed E-state index contributed by atoms with van der Waals surface area (Å²) < 4.78 is 10.5. The first-order chi connectivity index (χ1) is 10.1. The summed E-state index contributed by atoms with van der Waals surface area (Å²) in [6, 6.07) is 3.41. The molecule has 0 aliphatic carbocycles. The van der Waals surface area contributed by atoms with Crippen molar-refractivity contribution in [3.8, 4) is 0 Å². The molecule has 5 nitrogen and oxygen atoms in total. The summed E-state index contributed by atoms with van der Waals surface area (Å²) in [6.45, 7) is 3.54. The van der Waals surface area contributed by atoms with E-state index in [-0.39, 0.29) is 11.9 Å². The van der Waals surface area contributed by atoms with Crippen molar-refractivity contribution < 1.29 is 19.1 Å². The van der Waals surface area contributed by atoms with Crippen LogP contribution in [0.1, 0.15) is 50.9 Å². The second-order valence-corrected chi connectivity index (χ2v) is 5.83. The van der Waals surface area contributed by atoms with Crippen LogP contribution in [0.25, 0.3) is 0 Å². The van der Waals surface area contributed by atoms with E-state index in [1.165, 1.54) is 6.26 Å². The Labute approximate surface area is 125 Å². The number of amides is 1. The number of aliphatic hydroxyl groups is 1. The Kier molecular flexibility index (Phi) is 6.26. The third-order valence-electron chi connectivity index (χ3n) is 3.98. The number of carbonyl (C=O) groups is 1. The van der Waals surface area contributed by atoms with E-state index in [9.17, 15) is 9.90 Å². The van der Waals surface area contributed by atoms with Crippen LogP contribution in [0, 0.1) is 5.92 Å². The van der Waals surface area contributed by atoms with Crippen molar-refractivity contribution in [1.82, 2.24) is 5.32 Å². The van der Waals surface area contributed by atoms with Gasteiger partial charge in [-0.15, -0.1) is 0 Å². The summed E-state index contributed by atoms with van der Waals surface area (Å²) in [5, 5.41) is 12.9. The fourth-order valence-corrected chi connectivity index (χ4v) is 2.71. The molecule has 0 radical (unpaired) electrons. The Morgan fingerprint density at radius 1 is 1.48 bits per heavy atom. The number of rotatable bonds is 7. The van der Waals surface area contributed by atoms with Gasteiger partial charge in [-0.1, -0.05) is 0 Å². The highest BCUT2D eigenvalue weighted by molar-refractivity contribution is 5.76. The Bertz CT molecular complexity index is 412. The highest BCUT2D eigenvalue weighted by Gasteiger charge is 2.18. The number of ether oxygens (including phenoxy) is 1. The molecule has 2 atom stereocenters. The lowest BCUT2D eigenvalue weighted by atomic mass is 9.95. The minimum Gasteiger partial charge on any atom is -0.467 e. The van der Waals surface area contributed by atoms with E-state index in [1.54, 1.807) is 12.1 Å². The van der Waals surface area contributed by atoms with Crippen LogP contribution in [-0.2, 0) is 9.53 Å². The molecule has 1 aliphatic heterocycles. The summed E-state index contributed by atoms with van der Waals surface area (Å²) in [7, 11) is 0. The highest BCUT2D eigenvalue weighted by atomic mass is 16.5. The lowest BCUT2D eigenvalue weighted by molar-refractivity contribution is -0.122. The third-order valence-corrected chi connectivity index (χ3v) is 3.98. The van der Waals surface area contributed by atoms with Crippen molar-refractivity contribution in [2.75, 3.05) is 13.2 Å². The summed E-state index contributed by atoms with van der Waals surface area (Å²) in [5.41, 5.74) is 0. The Balaban J connectivity index is 1.64. The molecule has 1 aromatic heterocycles.